The lowest BCUT2D eigenvalue weighted by atomic mass is 9.93. The molecule has 2 atom stereocenters. The topological polar surface area (TPSA) is 106 Å². The number of β-amino-alcohol motifs (C(OH)–C–C–N with tert-alkyl or cyclic N) is 1. The normalized spacial score (nSPS) is 20.0. The van der Waals surface area contributed by atoms with Crippen LogP contribution in [0.15, 0.2) is 6.07 Å². The Morgan fingerprint density at radius 2 is 2.07 bits per heavy atom. The van der Waals surface area contributed by atoms with Gasteiger partial charge >= 0.3 is 0 Å². The highest BCUT2D eigenvalue weighted by Crippen LogP contribution is 2.41. The highest BCUT2D eigenvalue weighted by atomic mass is 35.5. The molecular formula is C19H30ClN3O5. The largest absolute Gasteiger partial charge is 0.492 e. The maximum absolute atomic E-state index is 12.7. The van der Waals surface area contributed by atoms with Crippen LogP contribution in [0.1, 0.15) is 23.2 Å². The number of rotatable bonds is 9. The fraction of sp³-hybridized carbons (Fsp3) is 0.632. The minimum atomic E-state index is -0.497. The molecule has 0 radical (unpaired) electrons. The molecule has 8 nitrogen and oxygen atoms in total. The lowest BCUT2D eigenvalue weighted by molar-refractivity contribution is 0.0192. The molecule has 1 amide bonds. The average molecular weight is 416 g/mol. The van der Waals surface area contributed by atoms with Gasteiger partial charge in [0.25, 0.3) is 5.91 Å². The molecule has 0 unspecified atom stereocenters. The summed E-state index contributed by atoms with van der Waals surface area (Å²) in [6.45, 7) is 3.44. The number of nitrogens with one attached hydrogen (secondary N) is 1. The number of hydrogen-bond donors (Lipinski definition) is 3. The summed E-state index contributed by atoms with van der Waals surface area (Å²) >= 11 is 6.12. The molecule has 28 heavy (non-hydrogen) atoms. The van der Waals surface area contributed by atoms with Gasteiger partial charge < -0.3 is 35.3 Å². The number of likely N-dealkylation sites (tertiary alicyclic amines) is 1. The molecule has 1 heterocycles. The first-order chi connectivity index (χ1) is 13.4. The summed E-state index contributed by atoms with van der Waals surface area (Å²) in [7, 11) is 4.55. The van der Waals surface area contributed by atoms with E-state index in [1.165, 1.54) is 20.3 Å². The number of amides is 1. The van der Waals surface area contributed by atoms with Crippen molar-refractivity contribution in [1.29, 1.82) is 0 Å². The van der Waals surface area contributed by atoms with Gasteiger partial charge in [0.05, 0.1) is 36.6 Å². The minimum absolute atomic E-state index is 0.0141. The second kappa shape index (κ2) is 10.7. The third-order valence-corrected chi connectivity index (χ3v) is 5.34. The van der Waals surface area contributed by atoms with Crippen molar-refractivity contribution < 1.29 is 24.1 Å². The zero-order chi connectivity index (χ0) is 20.7. The van der Waals surface area contributed by atoms with Crippen LogP contribution in [0.4, 0.5) is 5.69 Å². The van der Waals surface area contributed by atoms with E-state index in [9.17, 15) is 9.90 Å². The molecule has 0 spiro atoms. The van der Waals surface area contributed by atoms with Crippen LogP contribution in [0.25, 0.3) is 0 Å². The molecule has 0 aromatic heterocycles. The van der Waals surface area contributed by atoms with Gasteiger partial charge in [-0.15, -0.1) is 0 Å². The van der Waals surface area contributed by atoms with E-state index in [1.54, 1.807) is 7.11 Å². The molecule has 4 N–H and O–H groups in total. The van der Waals surface area contributed by atoms with Crippen LogP contribution in [-0.4, -0.2) is 76.1 Å². The second-order valence-electron chi connectivity index (χ2n) is 6.86. The summed E-state index contributed by atoms with van der Waals surface area (Å²) in [5.41, 5.74) is 6.35. The monoisotopic (exact) mass is 415 g/mol. The second-order valence-corrected chi connectivity index (χ2v) is 7.27. The van der Waals surface area contributed by atoms with E-state index >= 15 is 0 Å². The Bertz CT molecular complexity index is 673. The van der Waals surface area contributed by atoms with E-state index in [0.717, 1.165) is 25.9 Å². The molecule has 1 saturated heterocycles. The van der Waals surface area contributed by atoms with Gasteiger partial charge in [0, 0.05) is 39.3 Å². The van der Waals surface area contributed by atoms with Gasteiger partial charge in [-0.2, -0.15) is 0 Å². The van der Waals surface area contributed by atoms with Gasteiger partial charge in [0.1, 0.15) is 0 Å². The van der Waals surface area contributed by atoms with Crippen LogP contribution < -0.4 is 20.5 Å². The average Bonchev–Trinajstić information content (AvgIpc) is 2.68. The quantitative estimate of drug-likeness (QED) is 0.413. The number of ether oxygens (including phenoxy) is 3. The standard InChI is InChI=1S/C19H30ClN3O5/c1-26-8-4-6-23-7-5-12(15(24)11-23)10-22-19(25)13-9-14(20)16(21)18(28-3)17(13)27-2/h9,12,15,24H,4-8,10-11,21H2,1-3H3,(H,22,25)/t12-,15+/m0/s1. The van der Waals surface area contributed by atoms with Crippen molar-refractivity contribution in [2.24, 2.45) is 5.92 Å². The molecule has 1 aromatic rings. The third kappa shape index (κ3) is 5.41. The van der Waals surface area contributed by atoms with Crippen molar-refractivity contribution in [3.8, 4) is 11.5 Å². The van der Waals surface area contributed by atoms with Crippen LogP contribution in [0, 0.1) is 5.92 Å². The smallest absolute Gasteiger partial charge is 0.255 e. The first-order valence-electron chi connectivity index (χ1n) is 9.30. The number of halogens is 1. The first-order valence-corrected chi connectivity index (χ1v) is 9.68. The van der Waals surface area contributed by atoms with Crippen molar-refractivity contribution >= 4 is 23.2 Å². The number of anilines is 1. The van der Waals surface area contributed by atoms with Crippen molar-refractivity contribution in [2.75, 3.05) is 59.8 Å². The minimum Gasteiger partial charge on any atom is -0.492 e. The van der Waals surface area contributed by atoms with Crippen LogP contribution in [0.3, 0.4) is 0 Å². The number of methoxy groups -OCH3 is 3. The first kappa shape index (κ1) is 22.5. The fourth-order valence-electron chi connectivity index (χ4n) is 3.44. The molecule has 158 valence electrons. The number of benzene rings is 1. The van der Waals surface area contributed by atoms with Gasteiger partial charge in [0.15, 0.2) is 11.5 Å². The van der Waals surface area contributed by atoms with Crippen molar-refractivity contribution in [2.45, 2.75) is 18.9 Å². The predicted molar refractivity (Wildman–Crippen MR) is 108 cm³/mol. The van der Waals surface area contributed by atoms with E-state index in [1.807, 2.05) is 0 Å². The number of aliphatic hydroxyl groups is 1. The molecule has 0 aliphatic carbocycles. The fourth-order valence-corrected chi connectivity index (χ4v) is 3.63. The summed E-state index contributed by atoms with van der Waals surface area (Å²) < 4.78 is 15.6. The number of nitrogens with zero attached hydrogens (tertiary/aromatic N) is 1. The maximum Gasteiger partial charge on any atom is 0.255 e. The predicted octanol–water partition coefficient (Wildman–Crippen LogP) is 1.39. The molecule has 2 rings (SSSR count). The number of hydrogen-bond acceptors (Lipinski definition) is 7. The van der Waals surface area contributed by atoms with Gasteiger partial charge in [-0.3, -0.25) is 4.79 Å². The van der Waals surface area contributed by atoms with E-state index in [4.69, 9.17) is 31.5 Å². The SMILES string of the molecule is COCCCN1CC[C@@H](CNC(=O)c2cc(Cl)c(N)c(OC)c2OC)[C@H](O)C1. The number of carbonyl (C=O) groups is 1. The number of carbonyl (C=O) groups excluding carboxylic acids is 1. The maximum atomic E-state index is 12.7. The number of nitrogen functional groups attached to an aromatic ring is 1. The number of aliphatic hydroxyl groups excluding tert-OH is 1. The number of piperidine rings is 1. The Morgan fingerprint density at radius 1 is 1.36 bits per heavy atom. The molecule has 1 aromatic carbocycles. The third-order valence-electron chi connectivity index (χ3n) is 5.03. The Morgan fingerprint density at radius 3 is 2.68 bits per heavy atom. The number of nitrogens with two attached hydrogens (primary N) is 1. The van der Waals surface area contributed by atoms with Crippen molar-refractivity contribution in [1.82, 2.24) is 10.2 Å². The Hall–Kier alpha value is -1.74. The van der Waals surface area contributed by atoms with Gasteiger partial charge in [0.2, 0.25) is 0 Å². The lowest BCUT2D eigenvalue weighted by Crippen LogP contribution is -2.48. The van der Waals surface area contributed by atoms with E-state index in [2.05, 4.69) is 10.2 Å². The van der Waals surface area contributed by atoms with Crippen LogP contribution in [-0.2, 0) is 4.74 Å². The van der Waals surface area contributed by atoms with E-state index < -0.39 is 6.10 Å². The molecule has 1 fully saturated rings. The summed E-state index contributed by atoms with van der Waals surface area (Å²) in [5, 5.41) is 13.5. The molecule has 1 aliphatic rings. The zero-order valence-corrected chi connectivity index (χ0v) is 17.4. The summed E-state index contributed by atoms with van der Waals surface area (Å²) in [5.74, 6) is 0.0894. The highest BCUT2D eigenvalue weighted by Gasteiger charge is 2.28. The van der Waals surface area contributed by atoms with Gasteiger partial charge in [-0.05, 0) is 25.5 Å². The molecule has 9 heteroatoms. The Kier molecular flexibility index (Phi) is 8.62. The summed E-state index contributed by atoms with van der Waals surface area (Å²) in [4.78, 5) is 14.9. The van der Waals surface area contributed by atoms with Gasteiger partial charge in [-0.1, -0.05) is 11.6 Å². The summed E-state index contributed by atoms with van der Waals surface area (Å²) in [6.07, 6.45) is 1.24. The van der Waals surface area contributed by atoms with Gasteiger partial charge in [-0.25, -0.2) is 0 Å². The van der Waals surface area contributed by atoms with Crippen molar-refractivity contribution in [3.63, 3.8) is 0 Å². The molecule has 0 bridgehead atoms. The zero-order valence-electron chi connectivity index (χ0n) is 16.7. The molecule has 0 saturated carbocycles. The van der Waals surface area contributed by atoms with E-state index in [0.29, 0.717) is 19.7 Å². The molecule has 1 aliphatic heterocycles. The lowest BCUT2D eigenvalue weighted by Gasteiger charge is -2.36. The van der Waals surface area contributed by atoms with Crippen LogP contribution in [0.2, 0.25) is 5.02 Å². The molecular weight excluding hydrogens is 386 g/mol. The Labute approximate surface area is 170 Å². The van der Waals surface area contributed by atoms with Crippen LogP contribution in [0.5, 0.6) is 11.5 Å². The Balaban J connectivity index is 1.97. The van der Waals surface area contributed by atoms with Crippen molar-refractivity contribution in [3.05, 3.63) is 16.7 Å². The summed E-state index contributed by atoms with van der Waals surface area (Å²) in [6, 6.07) is 1.46. The van der Waals surface area contributed by atoms with E-state index in [-0.39, 0.29) is 39.6 Å². The van der Waals surface area contributed by atoms with Crippen LogP contribution >= 0.6 is 11.6 Å². The highest BCUT2D eigenvalue weighted by molar-refractivity contribution is 6.34.